The van der Waals surface area contributed by atoms with Crippen molar-refractivity contribution < 1.29 is 42.9 Å². The van der Waals surface area contributed by atoms with E-state index >= 15 is 0 Å². The predicted molar refractivity (Wildman–Crippen MR) is 406 cm³/mol. The summed E-state index contributed by atoms with van der Waals surface area (Å²) >= 11 is 0. The summed E-state index contributed by atoms with van der Waals surface area (Å²) in [5.74, 6) is -1.97. The molecule has 1 N–H and O–H groups in total. The zero-order chi connectivity index (χ0) is 68.2. The van der Waals surface area contributed by atoms with Gasteiger partial charge in [0.2, 0.25) is 0 Å². The molecule has 552 valence electrons. The Labute approximate surface area is 584 Å². The van der Waals surface area contributed by atoms with E-state index in [9.17, 15) is 19.5 Å². The van der Waals surface area contributed by atoms with Crippen molar-refractivity contribution in [2.45, 2.75) is 431 Å². The zero-order valence-corrected chi connectivity index (χ0v) is 63.4. The van der Waals surface area contributed by atoms with Gasteiger partial charge in [-0.3, -0.25) is 9.59 Å². The zero-order valence-electron chi connectivity index (χ0n) is 63.4. The fourth-order valence-electron chi connectivity index (χ4n) is 12.6. The summed E-state index contributed by atoms with van der Waals surface area (Å²) in [7, 11) is 6.00. The third kappa shape index (κ3) is 76.6. The SMILES string of the molecule is CC/C=C\C/C=C\C/C=C\C/C=C\CCCCCCCCCCCCCCCCCCCCCCCCC(=O)OC(COC(=O)CCCCCCCCCCCCCCCCCCCCCCCCCCCCCCCCCCCC)COC(OCC[N+](C)(C)C)C(=O)O. The number of carboxylic acids is 1. The number of aliphatic carboxylic acids is 1. The molecule has 0 aromatic rings. The molecule has 0 aliphatic heterocycles. The van der Waals surface area contributed by atoms with Crippen LogP contribution in [-0.4, -0.2) is 87.4 Å². The van der Waals surface area contributed by atoms with Crippen LogP contribution < -0.4 is 0 Å². The molecule has 2 atom stereocenters. The number of carbonyl (C=O) groups excluding carboxylic acids is 2. The molecule has 2 unspecified atom stereocenters. The molecule has 0 bridgehead atoms. The van der Waals surface area contributed by atoms with Crippen molar-refractivity contribution in [3.8, 4) is 0 Å². The minimum atomic E-state index is -1.51. The van der Waals surface area contributed by atoms with Crippen LogP contribution in [0.1, 0.15) is 418 Å². The first-order valence-corrected chi connectivity index (χ1v) is 41.3. The highest BCUT2D eigenvalue weighted by Gasteiger charge is 2.25. The van der Waals surface area contributed by atoms with Crippen LogP contribution in [0, 0.1) is 0 Å². The molecular formula is C85H160NO8+. The van der Waals surface area contributed by atoms with E-state index in [4.69, 9.17) is 18.9 Å². The molecule has 0 heterocycles. The van der Waals surface area contributed by atoms with Crippen LogP contribution in [0.15, 0.2) is 48.6 Å². The molecule has 9 heteroatoms. The summed E-state index contributed by atoms with van der Waals surface area (Å²) in [6, 6.07) is 0. The van der Waals surface area contributed by atoms with Crippen LogP contribution in [0.3, 0.4) is 0 Å². The van der Waals surface area contributed by atoms with Gasteiger partial charge in [-0.1, -0.05) is 403 Å². The second-order valence-electron chi connectivity index (χ2n) is 29.4. The lowest BCUT2D eigenvalue weighted by Crippen LogP contribution is -2.40. The molecule has 0 rings (SSSR count). The number of rotatable bonds is 78. The second kappa shape index (κ2) is 76.0. The van der Waals surface area contributed by atoms with Crippen LogP contribution in [0.4, 0.5) is 0 Å². The second-order valence-corrected chi connectivity index (χ2v) is 29.4. The summed E-state index contributed by atoms with van der Waals surface area (Å²) in [5.41, 5.74) is 0. The van der Waals surface area contributed by atoms with E-state index in [1.54, 1.807) is 0 Å². The molecule has 0 fully saturated rings. The van der Waals surface area contributed by atoms with E-state index in [0.29, 0.717) is 17.4 Å². The lowest BCUT2D eigenvalue weighted by atomic mass is 10.0. The van der Waals surface area contributed by atoms with Crippen LogP contribution in [0.2, 0.25) is 0 Å². The number of carbonyl (C=O) groups is 3. The minimum absolute atomic E-state index is 0.175. The predicted octanol–water partition coefficient (Wildman–Crippen LogP) is 26.4. The molecule has 9 nitrogen and oxygen atoms in total. The number of hydrogen-bond acceptors (Lipinski definition) is 7. The van der Waals surface area contributed by atoms with Gasteiger partial charge in [-0.25, -0.2) is 4.79 Å². The molecule has 0 aliphatic carbocycles. The van der Waals surface area contributed by atoms with Crippen LogP contribution in [0.25, 0.3) is 0 Å². The minimum Gasteiger partial charge on any atom is -0.477 e. The van der Waals surface area contributed by atoms with E-state index in [1.807, 2.05) is 21.1 Å². The monoisotopic (exact) mass is 1320 g/mol. The summed E-state index contributed by atoms with van der Waals surface area (Å²) < 4.78 is 23.1. The van der Waals surface area contributed by atoms with Crippen molar-refractivity contribution in [1.29, 1.82) is 0 Å². The fourth-order valence-corrected chi connectivity index (χ4v) is 12.6. The molecule has 94 heavy (non-hydrogen) atoms. The number of allylic oxidation sites excluding steroid dienone is 8. The average Bonchev–Trinajstić information content (AvgIpc) is 3.76. The normalized spacial score (nSPS) is 12.8. The maximum absolute atomic E-state index is 13.0. The largest absolute Gasteiger partial charge is 0.477 e. The van der Waals surface area contributed by atoms with Gasteiger partial charge in [-0.15, -0.1) is 0 Å². The van der Waals surface area contributed by atoms with Gasteiger partial charge in [0.1, 0.15) is 13.2 Å². The summed E-state index contributed by atoms with van der Waals surface area (Å²) in [5, 5.41) is 9.78. The third-order valence-electron chi connectivity index (χ3n) is 18.8. The van der Waals surface area contributed by atoms with E-state index in [-0.39, 0.29) is 38.2 Å². The van der Waals surface area contributed by atoms with Crippen LogP contribution in [0.5, 0.6) is 0 Å². The number of esters is 2. The van der Waals surface area contributed by atoms with Gasteiger partial charge in [0.05, 0.1) is 34.4 Å². The fraction of sp³-hybridized carbons (Fsp3) is 0.871. The van der Waals surface area contributed by atoms with Gasteiger partial charge in [0.15, 0.2) is 6.10 Å². The molecular weight excluding hydrogens is 1160 g/mol. The highest BCUT2D eigenvalue weighted by molar-refractivity contribution is 5.71. The molecule has 0 aliphatic rings. The number of likely N-dealkylation sites (N-methyl/N-ethyl adjacent to an activating group) is 1. The first-order chi connectivity index (χ1) is 46.1. The van der Waals surface area contributed by atoms with Gasteiger partial charge < -0.3 is 28.5 Å². The first kappa shape index (κ1) is 91.2. The van der Waals surface area contributed by atoms with Gasteiger partial charge in [-0.05, 0) is 51.4 Å². The van der Waals surface area contributed by atoms with E-state index in [1.165, 1.54) is 327 Å². The van der Waals surface area contributed by atoms with Gasteiger partial charge in [-0.2, -0.15) is 0 Å². The number of carboxylic acid groups (broad SMARTS) is 1. The quantitative estimate of drug-likeness (QED) is 0.0211. The highest BCUT2D eigenvalue weighted by atomic mass is 16.7. The lowest BCUT2D eigenvalue weighted by Gasteiger charge is -2.25. The Bertz CT molecular complexity index is 1680. The van der Waals surface area contributed by atoms with Crippen molar-refractivity contribution in [3.05, 3.63) is 48.6 Å². The molecule has 0 amide bonds. The summed E-state index contributed by atoms with van der Waals surface area (Å²) in [4.78, 5) is 37.8. The molecule has 0 saturated carbocycles. The van der Waals surface area contributed by atoms with Crippen molar-refractivity contribution in [2.24, 2.45) is 0 Å². The van der Waals surface area contributed by atoms with Crippen molar-refractivity contribution in [1.82, 2.24) is 0 Å². The Balaban J connectivity index is 3.95. The molecule has 0 saturated heterocycles. The van der Waals surface area contributed by atoms with Crippen molar-refractivity contribution >= 4 is 17.9 Å². The molecule has 0 radical (unpaired) electrons. The Hall–Kier alpha value is -2.75. The Kier molecular flexibility index (Phi) is 73.8. The van der Waals surface area contributed by atoms with Crippen LogP contribution >= 0.6 is 0 Å². The maximum Gasteiger partial charge on any atom is 0.361 e. The molecule has 0 spiro atoms. The van der Waals surface area contributed by atoms with E-state index in [2.05, 4.69) is 62.5 Å². The standard InChI is InChI=1S/C85H159NO8/c1-6-8-10-12-14-16-18-20-22-24-26-28-30-32-34-36-38-40-42-44-46-48-50-52-54-56-58-60-62-64-66-68-70-72-74-76-83(88)94-81(80-93-85(84(89)90)91-78-77-86(3,4)5)79-92-82(87)75-73-71-69-67-65-63-61-59-57-55-53-51-49-47-45-43-41-39-37-35-33-31-29-27-25-23-21-19-17-15-13-11-9-7-2/h8,10,14,16,20,22,26,28,81,85H,6-7,9,11-13,15,17-19,21,23-25,27,29-80H2,1-5H3/p+1/b10-8-,16-14-,22-20-,28-26-. The van der Waals surface area contributed by atoms with Crippen LogP contribution in [-0.2, 0) is 33.3 Å². The lowest BCUT2D eigenvalue weighted by molar-refractivity contribution is -0.870. The summed E-state index contributed by atoms with van der Waals surface area (Å²) in [6.07, 6.45) is 97.2. The Morgan fingerprint density at radius 2 is 0.606 bits per heavy atom. The Morgan fingerprint density at radius 3 is 0.904 bits per heavy atom. The van der Waals surface area contributed by atoms with Crippen molar-refractivity contribution in [3.63, 3.8) is 0 Å². The number of unbranched alkanes of at least 4 members (excludes halogenated alkanes) is 55. The maximum atomic E-state index is 13.0. The van der Waals surface area contributed by atoms with E-state index < -0.39 is 18.4 Å². The van der Waals surface area contributed by atoms with E-state index in [0.717, 1.165) is 64.2 Å². The number of nitrogens with zero attached hydrogens (tertiary/aromatic N) is 1. The Morgan fingerprint density at radius 1 is 0.330 bits per heavy atom. The first-order valence-electron chi connectivity index (χ1n) is 41.3. The molecule has 0 aromatic carbocycles. The highest BCUT2D eigenvalue weighted by Crippen LogP contribution is 2.20. The number of ether oxygens (including phenoxy) is 4. The molecule has 0 aromatic heterocycles. The van der Waals surface area contributed by atoms with Gasteiger partial charge in [0.25, 0.3) is 6.29 Å². The number of hydrogen-bond donors (Lipinski definition) is 1. The summed E-state index contributed by atoms with van der Waals surface area (Å²) in [6.45, 7) is 4.85. The van der Waals surface area contributed by atoms with Crippen molar-refractivity contribution in [2.75, 3.05) is 47.5 Å². The number of quaternary nitrogens is 1. The van der Waals surface area contributed by atoms with Gasteiger partial charge in [0, 0.05) is 12.8 Å². The smallest absolute Gasteiger partial charge is 0.361 e. The third-order valence-corrected chi connectivity index (χ3v) is 18.8. The topological polar surface area (TPSA) is 108 Å². The van der Waals surface area contributed by atoms with Gasteiger partial charge >= 0.3 is 17.9 Å². The average molecular weight is 1320 g/mol.